The van der Waals surface area contributed by atoms with Gasteiger partial charge in [0.25, 0.3) is 5.69 Å². The first-order valence-electron chi connectivity index (χ1n) is 6.53. The van der Waals surface area contributed by atoms with Crippen molar-refractivity contribution >= 4 is 17.1 Å². The zero-order valence-corrected chi connectivity index (χ0v) is 11.7. The largest absolute Gasteiger partial charge is 0.378 e. The second-order valence-corrected chi connectivity index (χ2v) is 4.48. The van der Waals surface area contributed by atoms with E-state index < -0.39 is 4.92 Å². The van der Waals surface area contributed by atoms with Crippen molar-refractivity contribution in [2.24, 2.45) is 0 Å². The summed E-state index contributed by atoms with van der Waals surface area (Å²) in [6, 6.07) is 8.09. The molecule has 0 aliphatic carbocycles. The van der Waals surface area contributed by atoms with Crippen molar-refractivity contribution in [2.45, 2.75) is 0 Å². The molecule has 0 spiro atoms. The van der Waals surface area contributed by atoms with Gasteiger partial charge in [-0.05, 0) is 12.1 Å². The first kappa shape index (κ1) is 15.3. The van der Waals surface area contributed by atoms with Gasteiger partial charge in [-0.2, -0.15) is 10.5 Å². The SMILES string of the molecule is N#CC(C#N)=CNc1cc(N2CCOCC2)ccc1[N+](=O)[O-]. The van der Waals surface area contributed by atoms with E-state index in [2.05, 4.69) is 10.2 Å². The molecule has 0 amide bonds. The summed E-state index contributed by atoms with van der Waals surface area (Å²) in [7, 11) is 0. The van der Waals surface area contributed by atoms with E-state index in [9.17, 15) is 10.1 Å². The second-order valence-electron chi connectivity index (χ2n) is 4.48. The highest BCUT2D eigenvalue weighted by Gasteiger charge is 2.17. The molecule has 1 fully saturated rings. The highest BCUT2D eigenvalue weighted by molar-refractivity contribution is 5.70. The van der Waals surface area contributed by atoms with Crippen LogP contribution < -0.4 is 10.2 Å². The van der Waals surface area contributed by atoms with Gasteiger partial charge in [0.15, 0.2) is 0 Å². The standard InChI is InChI=1S/C14H13N5O3/c15-8-11(9-16)10-17-13-7-12(1-2-14(13)19(20)21)18-3-5-22-6-4-18/h1-2,7,10,17H,3-6H2. The molecular formula is C14H13N5O3. The number of hydrogen-bond acceptors (Lipinski definition) is 7. The van der Waals surface area contributed by atoms with Crippen molar-refractivity contribution in [3.63, 3.8) is 0 Å². The average Bonchev–Trinajstić information content (AvgIpc) is 2.56. The summed E-state index contributed by atoms with van der Waals surface area (Å²) in [4.78, 5) is 12.6. The minimum Gasteiger partial charge on any atom is -0.378 e. The number of nitriles is 2. The van der Waals surface area contributed by atoms with Gasteiger partial charge in [-0.15, -0.1) is 0 Å². The number of morpholine rings is 1. The van der Waals surface area contributed by atoms with Crippen LogP contribution in [0, 0.1) is 32.8 Å². The molecule has 1 N–H and O–H groups in total. The number of nitrogens with zero attached hydrogens (tertiary/aromatic N) is 4. The van der Waals surface area contributed by atoms with Gasteiger partial charge >= 0.3 is 0 Å². The number of hydrogen-bond donors (Lipinski definition) is 1. The van der Waals surface area contributed by atoms with Crippen molar-refractivity contribution in [1.82, 2.24) is 0 Å². The molecule has 112 valence electrons. The van der Waals surface area contributed by atoms with E-state index in [1.807, 2.05) is 0 Å². The van der Waals surface area contributed by atoms with Crippen molar-refractivity contribution in [3.05, 3.63) is 40.1 Å². The van der Waals surface area contributed by atoms with E-state index >= 15 is 0 Å². The molecule has 1 aliphatic heterocycles. The van der Waals surface area contributed by atoms with E-state index in [0.717, 1.165) is 11.9 Å². The van der Waals surface area contributed by atoms with Gasteiger partial charge < -0.3 is 15.0 Å². The van der Waals surface area contributed by atoms with Crippen molar-refractivity contribution in [2.75, 3.05) is 36.5 Å². The predicted octanol–water partition coefficient (Wildman–Crippen LogP) is 1.77. The fourth-order valence-corrected chi connectivity index (χ4v) is 2.06. The van der Waals surface area contributed by atoms with Crippen LogP contribution in [0.25, 0.3) is 0 Å². The lowest BCUT2D eigenvalue weighted by Gasteiger charge is -2.29. The van der Waals surface area contributed by atoms with Crippen LogP contribution in [0.15, 0.2) is 30.0 Å². The molecule has 2 rings (SSSR count). The summed E-state index contributed by atoms with van der Waals surface area (Å²) < 4.78 is 5.27. The fraction of sp³-hybridized carbons (Fsp3) is 0.286. The Morgan fingerprint density at radius 1 is 1.36 bits per heavy atom. The molecule has 8 heteroatoms. The Balaban J connectivity index is 2.32. The first-order valence-corrected chi connectivity index (χ1v) is 6.53. The summed E-state index contributed by atoms with van der Waals surface area (Å²) >= 11 is 0. The van der Waals surface area contributed by atoms with Crippen LogP contribution in [-0.4, -0.2) is 31.2 Å². The van der Waals surface area contributed by atoms with Crippen LogP contribution >= 0.6 is 0 Å². The first-order chi connectivity index (χ1) is 10.7. The number of anilines is 2. The molecule has 1 aromatic rings. The molecular weight excluding hydrogens is 286 g/mol. The molecule has 1 heterocycles. The van der Waals surface area contributed by atoms with Gasteiger partial charge in [0.05, 0.1) is 18.1 Å². The average molecular weight is 299 g/mol. The van der Waals surface area contributed by atoms with Crippen molar-refractivity contribution < 1.29 is 9.66 Å². The van der Waals surface area contributed by atoms with Crippen LogP contribution in [0.3, 0.4) is 0 Å². The van der Waals surface area contributed by atoms with Gasteiger partial charge in [0, 0.05) is 31.0 Å². The van der Waals surface area contributed by atoms with Gasteiger partial charge in [-0.25, -0.2) is 0 Å². The molecule has 1 saturated heterocycles. The number of nitro benzene ring substituents is 1. The lowest BCUT2D eigenvalue weighted by atomic mass is 10.2. The Labute approximate surface area is 127 Å². The summed E-state index contributed by atoms with van der Waals surface area (Å²) in [5.41, 5.74) is 0.770. The Kier molecular flexibility index (Phi) is 4.91. The van der Waals surface area contributed by atoms with Crippen LogP contribution in [-0.2, 0) is 4.74 Å². The molecule has 0 unspecified atom stereocenters. The normalized spacial score (nSPS) is 13.6. The third-order valence-corrected chi connectivity index (χ3v) is 3.17. The highest BCUT2D eigenvalue weighted by Crippen LogP contribution is 2.30. The monoisotopic (exact) mass is 299 g/mol. The Bertz CT molecular complexity index is 665. The Hall–Kier alpha value is -3.10. The highest BCUT2D eigenvalue weighted by atomic mass is 16.6. The molecule has 8 nitrogen and oxygen atoms in total. The fourth-order valence-electron chi connectivity index (χ4n) is 2.06. The molecule has 0 atom stereocenters. The number of allylic oxidation sites excluding steroid dienone is 1. The third kappa shape index (κ3) is 3.51. The quantitative estimate of drug-likeness (QED) is 0.511. The van der Waals surface area contributed by atoms with E-state index in [4.69, 9.17) is 15.3 Å². The van der Waals surface area contributed by atoms with Crippen LogP contribution in [0.1, 0.15) is 0 Å². The molecule has 0 aromatic heterocycles. The maximum absolute atomic E-state index is 11.1. The summed E-state index contributed by atoms with van der Waals surface area (Å²) in [5, 5.41) is 31.2. The van der Waals surface area contributed by atoms with Crippen molar-refractivity contribution in [1.29, 1.82) is 10.5 Å². The Morgan fingerprint density at radius 2 is 2.05 bits per heavy atom. The van der Waals surface area contributed by atoms with E-state index in [1.165, 1.54) is 6.07 Å². The topological polar surface area (TPSA) is 115 Å². The molecule has 1 aliphatic rings. The summed E-state index contributed by atoms with van der Waals surface area (Å²) in [6.45, 7) is 2.61. The zero-order chi connectivity index (χ0) is 15.9. The maximum Gasteiger partial charge on any atom is 0.292 e. The lowest BCUT2D eigenvalue weighted by Crippen LogP contribution is -2.36. The maximum atomic E-state index is 11.1. The lowest BCUT2D eigenvalue weighted by molar-refractivity contribution is -0.383. The van der Waals surface area contributed by atoms with Gasteiger partial charge in [0.2, 0.25) is 0 Å². The smallest absolute Gasteiger partial charge is 0.292 e. The number of rotatable bonds is 4. The van der Waals surface area contributed by atoms with Gasteiger partial charge in [-0.3, -0.25) is 10.1 Å². The van der Waals surface area contributed by atoms with E-state index in [0.29, 0.717) is 26.3 Å². The number of nitro groups is 1. The van der Waals surface area contributed by atoms with E-state index in [1.54, 1.807) is 24.3 Å². The summed E-state index contributed by atoms with van der Waals surface area (Å²) in [5.74, 6) is 0. The van der Waals surface area contributed by atoms with Crippen LogP contribution in [0.5, 0.6) is 0 Å². The Morgan fingerprint density at radius 3 is 2.64 bits per heavy atom. The zero-order valence-electron chi connectivity index (χ0n) is 11.7. The van der Waals surface area contributed by atoms with Crippen LogP contribution in [0.2, 0.25) is 0 Å². The third-order valence-electron chi connectivity index (χ3n) is 3.17. The minimum absolute atomic E-state index is 0.122. The molecule has 0 saturated carbocycles. The second kappa shape index (κ2) is 7.07. The molecule has 0 bridgehead atoms. The van der Waals surface area contributed by atoms with E-state index in [-0.39, 0.29) is 16.9 Å². The number of nitrogens with one attached hydrogen (secondary N) is 1. The molecule has 1 aromatic carbocycles. The number of ether oxygens (including phenoxy) is 1. The molecule has 22 heavy (non-hydrogen) atoms. The summed E-state index contributed by atoms with van der Waals surface area (Å²) in [6.07, 6.45) is 1.16. The van der Waals surface area contributed by atoms with Gasteiger partial charge in [0.1, 0.15) is 23.4 Å². The molecule has 0 radical (unpaired) electrons. The number of benzene rings is 1. The predicted molar refractivity (Wildman–Crippen MR) is 79.1 cm³/mol. The van der Waals surface area contributed by atoms with Crippen LogP contribution in [0.4, 0.5) is 17.1 Å². The van der Waals surface area contributed by atoms with Gasteiger partial charge in [-0.1, -0.05) is 0 Å². The van der Waals surface area contributed by atoms with Crippen molar-refractivity contribution in [3.8, 4) is 12.1 Å². The minimum atomic E-state index is -0.516.